The van der Waals surface area contributed by atoms with E-state index in [0.29, 0.717) is 0 Å². The topological polar surface area (TPSA) is 31.9 Å². The smallest absolute Gasteiger partial charge is 0.123 e. The number of hydrogen-bond donors (Lipinski definition) is 1. The maximum atomic E-state index is 13.0. The molecule has 0 aliphatic heterocycles. The number of aromatic nitrogens is 2. The molecule has 0 amide bonds. The molecule has 0 spiro atoms. The second kappa shape index (κ2) is 8.22. The van der Waals surface area contributed by atoms with Gasteiger partial charge in [0.1, 0.15) is 5.82 Å². The van der Waals surface area contributed by atoms with Gasteiger partial charge < -0.3 is 4.90 Å². The Labute approximate surface area is 146 Å². The summed E-state index contributed by atoms with van der Waals surface area (Å²) in [6.07, 6.45) is 3.18. The highest BCUT2D eigenvalue weighted by Gasteiger charge is 2.05. The van der Waals surface area contributed by atoms with Crippen LogP contribution in [-0.2, 0) is 12.8 Å². The van der Waals surface area contributed by atoms with E-state index >= 15 is 0 Å². The first-order valence-electron chi connectivity index (χ1n) is 8.22. The van der Waals surface area contributed by atoms with Gasteiger partial charge in [0.25, 0.3) is 0 Å². The fraction of sp³-hybridized carbons (Fsp3) is 0.316. The van der Waals surface area contributed by atoms with E-state index in [9.17, 15) is 4.39 Å². The molecule has 0 saturated carbocycles. The lowest BCUT2D eigenvalue weighted by molar-refractivity contribution is 0.334. The molecule has 0 atom stereocenters. The molecule has 3 nitrogen and oxygen atoms in total. The van der Waals surface area contributed by atoms with Crippen molar-refractivity contribution in [2.24, 2.45) is 0 Å². The summed E-state index contributed by atoms with van der Waals surface area (Å²) in [4.78, 5) is 3.82. The number of thiophene rings is 1. The molecule has 0 aliphatic rings. The molecule has 3 rings (SSSR count). The first kappa shape index (κ1) is 16.9. The Hall–Kier alpha value is -1.98. The summed E-state index contributed by atoms with van der Waals surface area (Å²) < 4.78 is 13.0. The summed E-state index contributed by atoms with van der Waals surface area (Å²) in [6.45, 7) is 2.15. The van der Waals surface area contributed by atoms with Crippen LogP contribution in [0.15, 0.2) is 47.8 Å². The molecular formula is C19H22FN3S. The maximum Gasteiger partial charge on any atom is 0.123 e. The standard InChI is InChI=1S/C19H22FN3S/c1-23(12-10-18-5-3-13-24-18)11-2-4-17-14-19(22-21-17)15-6-8-16(20)9-7-15/h3,5-9,13-14H,2,4,10-12H2,1H3,(H,21,22). The second-order valence-corrected chi connectivity index (χ2v) is 7.05. The molecule has 0 fully saturated rings. The predicted molar refractivity (Wildman–Crippen MR) is 97.8 cm³/mol. The van der Waals surface area contributed by atoms with E-state index in [1.165, 1.54) is 17.0 Å². The largest absolute Gasteiger partial charge is 0.306 e. The van der Waals surface area contributed by atoms with Gasteiger partial charge in [0, 0.05) is 22.7 Å². The number of hydrogen-bond acceptors (Lipinski definition) is 3. The van der Waals surface area contributed by atoms with Crippen LogP contribution in [0.1, 0.15) is 17.0 Å². The van der Waals surface area contributed by atoms with Gasteiger partial charge in [-0.3, -0.25) is 5.10 Å². The molecule has 0 aliphatic carbocycles. The molecule has 2 heterocycles. The zero-order valence-electron chi connectivity index (χ0n) is 13.8. The number of aromatic amines is 1. The fourth-order valence-corrected chi connectivity index (χ4v) is 3.36. The average Bonchev–Trinajstić information content (AvgIpc) is 3.25. The Bertz CT molecular complexity index is 734. The number of nitrogens with zero attached hydrogens (tertiary/aromatic N) is 2. The monoisotopic (exact) mass is 343 g/mol. The molecular weight excluding hydrogens is 321 g/mol. The minimum atomic E-state index is -0.222. The number of aryl methyl sites for hydroxylation is 1. The van der Waals surface area contributed by atoms with Crippen molar-refractivity contribution in [2.45, 2.75) is 19.3 Å². The number of H-pyrrole nitrogens is 1. The second-order valence-electron chi connectivity index (χ2n) is 6.02. The Morgan fingerprint density at radius 2 is 1.96 bits per heavy atom. The molecule has 0 radical (unpaired) electrons. The SMILES string of the molecule is CN(CCCc1cc(-c2ccc(F)cc2)n[nH]1)CCc1cccs1. The zero-order chi connectivity index (χ0) is 16.8. The number of rotatable bonds is 8. The highest BCUT2D eigenvalue weighted by atomic mass is 32.1. The first-order valence-corrected chi connectivity index (χ1v) is 9.10. The third-order valence-corrected chi connectivity index (χ3v) is 5.01. The Morgan fingerprint density at radius 3 is 2.71 bits per heavy atom. The van der Waals surface area contributed by atoms with Crippen LogP contribution < -0.4 is 0 Å². The quantitative estimate of drug-likeness (QED) is 0.658. The molecule has 0 bridgehead atoms. The molecule has 2 aromatic heterocycles. The zero-order valence-corrected chi connectivity index (χ0v) is 14.7. The van der Waals surface area contributed by atoms with Crippen molar-refractivity contribution in [3.05, 3.63) is 64.2 Å². The third kappa shape index (κ3) is 4.76. The number of likely N-dealkylation sites (N-methyl/N-ethyl adjacent to an activating group) is 1. The number of halogens is 1. The Kier molecular flexibility index (Phi) is 5.77. The molecule has 126 valence electrons. The van der Waals surface area contributed by atoms with Crippen molar-refractivity contribution in [3.63, 3.8) is 0 Å². The van der Waals surface area contributed by atoms with Crippen LogP contribution in [-0.4, -0.2) is 35.2 Å². The van der Waals surface area contributed by atoms with Crippen molar-refractivity contribution in [3.8, 4) is 11.3 Å². The Balaban J connectivity index is 1.43. The predicted octanol–water partition coefficient (Wildman–Crippen LogP) is 4.38. The highest BCUT2D eigenvalue weighted by molar-refractivity contribution is 7.09. The minimum Gasteiger partial charge on any atom is -0.306 e. The summed E-state index contributed by atoms with van der Waals surface area (Å²) in [7, 11) is 2.17. The summed E-state index contributed by atoms with van der Waals surface area (Å²) in [5.74, 6) is -0.222. The van der Waals surface area contributed by atoms with Gasteiger partial charge in [0.05, 0.1) is 5.69 Å². The number of nitrogens with one attached hydrogen (secondary N) is 1. The molecule has 5 heteroatoms. The summed E-state index contributed by atoms with van der Waals surface area (Å²) >= 11 is 1.82. The average molecular weight is 343 g/mol. The van der Waals surface area contributed by atoms with E-state index in [1.54, 1.807) is 12.1 Å². The van der Waals surface area contributed by atoms with Crippen molar-refractivity contribution in [2.75, 3.05) is 20.1 Å². The normalized spacial score (nSPS) is 11.3. The van der Waals surface area contributed by atoms with Gasteiger partial charge in [-0.2, -0.15) is 5.10 Å². The maximum absolute atomic E-state index is 13.0. The van der Waals surface area contributed by atoms with Crippen LogP contribution in [0.25, 0.3) is 11.3 Å². The van der Waals surface area contributed by atoms with Crippen LogP contribution >= 0.6 is 11.3 Å². The van der Waals surface area contributed by atoms with Crippen LogP contribution in [0.5, 0.6) is 0 Å². The van der Waals surface area contributed by atoms with Crippen LogP contribution in [0.3, 0.4) is 0 Å². The summed E-state index contributed by atoms with van der Waals surface area (Å²) in [6, 6.07) is 12.8. The van der Waals surface area contributed by atoms with E-state index in [-0.39, 0.29) is 5.82 Å². The third-order valence-electron chi connectivity index (χ3n) is 4.08. The molecule has 24 heavy (non-hydrogen) atoms. The lowest BCUT2D eigenvalue weighted by Crippen LogP contribution is -2.22. The minimum absolute atomic E-state index is 0.222. The van der Waals surface area contributed by atoms with Crippen molar-refractivity contribution in [1.29, 1.82) is 0 Å². The van der Waals surface area contributed by atoms with Crippen molar-refractivity contribution >= 4 is 11.3 Å². The van der Waals surface area contributed by atoms with Crippen molar-refractivity contribution in [1.82, 2.24) is 15.1 Å². The van der Waals surface area contributed by atoms with Gasteiger partial charge in [0.2, 0.25) is 0 Å². The van der Waals surface area contributed by atoms with Crippen molar-refractivity contribution < 1.29 is 4.39 Å². The lowest BCUT2D eigenvalue weighted by Gasteiger charge is -2.15. The van der Waals surface area contributed by atoms with Gasteiger partial charge >= 0.3 is 0 Å². The van der Waals surface area contributed by atoms with E-state index in [0.717, 1.165) is 49.3 Å². The molecule has 3 aromatic rings. The lowest BCUT2D eigenvalue weighted by atomic mass is 10.1. The van der Waals surface area contributed by atoms with E-state index < -0.39 is 0 Å². The summed E-state index contributed by atoms with van der Waals surface area (Å²) in [5.41, 5.74) is 2.93. The van der Waals surface area contributed by atoms with Crippen LogP contribution in [0.2, 0.25) is 0 Å². The van der Waals surface area contributed by atoms with Gasteiger partial charge in [-0.05, 0) is 74.6 Å². The summed E-state index contributed by atoms with van der Waals surface area (Å²) in [5, 5.41) is 9.54. The van der Waals surface area contributed by atoms with Gasteiger partial charge in [-0.1, -0.05) is 6.07 Å². The highest BCUT2D eigenvalue weighted by Crippen LogP contribution is 2.18. The molecule has 0 unspecified atom stereocenters. The number of benzene rings is 1. The van der Waals surface area contributed by atoms with Crippen LogP contribution in [0.4, 0.5) is 4.39 Å². The fourth-order valence-electron chi connectivity index (χ4n) is 2.67. The molecule has 1 aromatic carbocycles. The van der Waals surface area contributed by atoms with E-state index in [2.05, 4.69) is 45.7 Å². The van der Waals surface area contributed by atoms with Crippen LogP contribution in [0, 0.1) is 5.82 Å². The first-order chi connectivity index (χ1) is 11.7. The van der Waals surface area contributed by atoms with Gasteiger partial charge in [-0.25, -0.2) is 4.39 Å². The Morgan fingerprint density at radius 1 is 1.12 bits per heavy atom. The van der Waals surface area contributed by atoms with E-state index in [1.807, 2.05) is 11.3 Å². The van der Waals surface area contributed by atoms with Gasteiger partial charge in [-0.15, -0.1) is 11.3 Å². The molecule has 0 saturated heterocycles. The molecule has 1 N–H and O–H groups in total. The van der Waals surface area contributed by atoms with E-state index in [4.69, 9.17) is 0 Å². The van der Waals surface area contributed by atoms with Gasteiger partial charge in [0.15, 0.2) is 0 Å².